The molecule has 1 aromatic rings. The third-order valence-electron chi connectivity index (χ3n) is 5.38. The molecule has 4 unspecified atom stereocenters. The fourth-order valence-electron chi connectivity index (χ4n) is 3.76. The summed E-state index contributed by atoms with van der Waals surface area (Å²) in [7, 11) is 0. The van der Waals surface area contributed by atoms with Gasteiger partial charge in [0.25, 0.3) is 0 Å². The molecular formula is C18H28N2O. The van der Waals surface area contributed by atoms with Crippen molar-refractivity contribution < 1.29 is 4.74 Å². The smallest absolute Gasteiger partial charge is 0.0703 e. The SMILES string of the molecule is CCC1(C)CN(C2CCOC2C)C(c2ccccc2)CN1. The van der Waals surface area contributed by atoms with E-state index in [-0.39, 0.29) is 5.54 Å². The first-order chi connectivity index (χ1) is 10.1. The highest BCUT2D eigenvalue weighted by Crippen LogP contribution is 2.34. The molecule has 4 atom stereocenters. The Bertz CT molecular complexity index is 464. The van der Waals surface area contributed by atoms with Crippen LogP contribution in [0.3, 0.4) is 0 Å². The van der Waals surface area contributed by atoms with Gasteiger partial charge in [-0.05, 0) is 32.3 Å². The maximum Gasteiger partial charge on any atom is 0.0703 e. The fraction of sp³-hybridized carbons (Fsp3) is 0.667. The highest BCUT2D eigenvalue weighted by atomic mass is 16.5. The van der Waals surface area contributed by atoms with Crippen molar-refractivity contribution in [3.05, 3.63) is 35.9 Å². The van der Waals surface area contributed by atoms with Crippen molar-refractivity contribution in [3.63, 3.8) is 0 Å². The summed E-state index contributed by atoms with van der Waals surface area (Å²) in [5.74, 6) is 0. The molecule has 3 rings (SSSR count). The molecule has 0 aliphatic carbocycles. The van der Waals surface area contributed by atoms with Gasteiger partial charge in [-0.25, -0.2) is 0 Å². The molecule has 0 aromatic heterocycles. The average molecular weight is 288 g/mol. The van der Waals surface area contributed by atoms with Gasteiger partial charge in [0.2, 0.25) is 0 Å². The lowest BCUT2D eigenvalue weighted by Crippen LogP contribution is -2.62. The molecule has 0 bridgehead atoms. The van der Waals surface area contributed by atoms with Crippen LogP contribution in [0.2, 0.25) is 0 Å². The van der Waals surface area contributed by atoms with Crippen LogP contribution < -0.4 is 5.32 Å². The Labute approximate surface area is 128 Å². The molecule has 2 fully saturated rings. The van der Waals surface area contributed by atoms with Crippen molar-refractivity contribution in [1.82, 2.24) is 10.2 Å². The van der Waals surface area contributed by atoms with Gasteiger partial charge in [-0.2, -0.15) is 0 Å². The van der Waals surface area contributed by atoms with E-state index in [1.807, 2.05) is 0 Å². The third-order valence-corrected chi connectivity index (χ3v) is 5.38. The van der Waals surface area contributed by atoms with E-state index in [0.717, 1.165) is 32.5 Å². The molecule has 2 saturated heterocycles. The number of nitrogens with zero attached hydrogens (tertiary/aromatic N) is 1. The number of nitrogens with one attached hydrogen (secondary N) is 1. The van der Waals surface area contributed by atoms with Crippen LogP contribution in [0.1, 0.15) is 45.2 Å². The highest BCUT2D eigenvalue weighted by Gasteiger charge is 2.41. The van der Waals surface area contributed by atoms with E-state index in [1.54, 1.807) is 0 Å². The summed E-state index contributed by atoms with van der Waals surface area (Å²) in [5, 5.41) is 3.78. The zero-order chi connectivity index (χ0) is 14.9. The topological polar surface area (TPSA) is 24.5 Å². The lowest BCUT2D eigenvalue weighted by atomic mass is 9.89. The molecule has 2 aliphatic rings. The van der Waals surface area contributed by atoms with Crippen molar-refractivity contribution in [2.45, 2.75) is 57.3 Å². The standard InChI is InChI=1S/C18H28N2O/c1-4-18(3)13-20(16-10-11-21-14(16)2)17(12-19-18)15-8-6-5-7-9-15/h5-9,14,16-17,19H,4,10-13H2,1-3H3. The number of ether oxygens (including phenoxy) is 1. The summed E-state index contributed by atoms with van der Waals surface area (Å²) in [6.07, 6.45) is 2.66. The van der Waals surface area contributed by atoms with Gasteiger partial charge in [-0.1, -0.05) is 37.3 Å². The zero-order valence-electron chi connectivity index (χ0n) is 13.5. The Balaban J connectivity index is 1.87. The van der Waals surface area contributed by atoms with Crippen molar-refractivity contribution in [2.24, 2.45) is 0 Å². The number of hydrogen-bond donors (Lipinski definition) is 1. The van der Waals surface area contributed by atoms with Crippen LogP contribution in [0.25, 0.3) is 0 Å². The first kappa shape index (κ1) is 15.0. The van der Waals surface area contributed by atoms with Gasteiger partial charge in [0.15, 0.2) is 0 Å². The maximum absolute atomic E-state index is 5.84. The molecule has 116 valence electrons. The van der Waals surface area contributed by atoms with E-state index in [4.69, 9.17) is 4.74 Å². The molecule has 0 radical (unpaired) electrons. The predicted octanol–water partition coefficient (Wildman–Crippen LogP) is 2.98. The molecule has 1 aromatic carbocycles. The quantitative estimate of drug-likeness (QED) is 0.925. The Morgan fingerprint density at radius 2 is 2.10 bits per heavy atom. The molecule has 2 heterocycles. The summed E-state index contributed by atoms with van der Waals surface area (Å²) in [4.78, 5) is 2.70. The molecule has 21 heavy (non-hydrogen) atoms. The summed E-state index contributed by atoms with van der Waals surface area (Å²) in [5.41, 5.74) is 1.63. The number of rotatable bonds is 3. The normalized spacial score (nSPS) is 37.8. The van der Waals surface area contributed by atoms with Crippen LogP contribution in [0.5, 0.6) is 0 Å². The van der Waals surface area contributed by atoms with Crippen molar-refractivity contribution in [2.75, 3.05) is 19.7 Å². The van der Waals surface area contributed by atoms with Crippen LogP contribution in [-0.2, 0) is 4.74 Å². The Morgan fingerprint density at radius 3 is 2.71 bits per heavy atom. The maximum atomic E-state index is 5.84. The summed E-state index contributed by atoms with van der Waals surface area (Å²) in [6, 6.07) is 11.9. The second kappa shape index (κ2) is 6.07. The Hall–Kier alpha value is -0.900. The molecule has 3 nitrogen and oxygen atoms in total. The summed E-state index contributed by atoms with van der Waals surface area (Å²) in [6.45, 7) is 9.88. The third kappa shape index (κ3) is 3.01. The minimum absolute atomic E-state index is 0.216. The molecule has 0 spiro atoms. The second-order valence-electron chi connectivity index (χ2n) is 6.83. The predicted molar refractivity (Wildman–Crippen MR) is 86.4 cm³/mol. The first-order valence-electron chi connectivity index (χ1n) is 8.30. The Morgan fingerprint density at radius 1 is 1.33 bits per heavy atom. The van der Waals surface area contributed by atoms with Crippen LogP contribution >= 0.6 is 0 Å². The molecule has 0 amide bonds. The fourth-order valence-corrected chi connectivity index (χ4v) is 3.76. The van der Waals surface area contributed by atoms with Gasteiger partial charge < -0.3 is 10.1 Å². The van der Waals surface area contributed by atoms with Gasteiger partial charge >= 0.3 is 0 Å². The lowest BCUT2D eigenvalue weighted by molar-refractivity contribution is 0.0102. The average Bonchev–Trinajstić information content (AvgIpc) is 2.94. The van der Waals surface area contributed by atoms with Gasteiger partial charge in [-0.3, -0.25) is 4.90 Å². The molecule has 3 heteroatoms. The molecule has 2 aliphatic heterocycles. The molecular weight excluding hydrogens is 260 g/mol. The van der Waals surface area contributed by atoms with Crippen molar-refractivity contribution >= 4 is 0 Å². The highest BCUT2D eigenvalue weighted by molar-refractivity contribution is 5.21. The van der Waals surface area contributed by atoms with Crippen molar-refractivity contribution in [1.29, 1.82) is 0 Å². The van der Waals surface area contributed by atoms with E-state index < -0.39 is 0 Å². The van der Waals surface area contributed by atoms with Gasteiger partial charge in [0.1, 0.15) is 0 Å². The minimum Gasteiger partial charge on any atom is -0.377 e. The zero-order valence-corrected chi connectivity index (χ0v) is 13.5. The lowest BCUT2D eigenvalue weighted by Gasteiger charge is -2.49. The van der Waals surface area contributed by atoms with E-state index >= 15 is 0 Å². The number of benzene rings is 1. The van der Waals surface area contributed by atoms with Gasteiger partial charge in [0, 0.05) is 37.3 Å². The first-order valence-corrected chi connectivity index (χ1v) is 8.30. The van der Waals surface area contributed by atoms with Crippen LogP contribution in [0.4, 0.5) is 0 Å². The summed E-state index contributed by atoms with van der Waals surface area (Å²) < 4.78 is 5.84. The molecule has 1 N–H and O–H groups in total. The summed E-state index contributed by atoms with van der Waals surface area (Å²) >= 11 is 0. The van der Waals surface area contributed by atoms with Crippen LogP contribution in [0, 0.1) is 0 Å². The number of piperazine rings is 1. The van der Waals surface area contributed by atoms with E-state index in [0.29, 0.717) is 18.2 Å². The number of hydrogen-bond acceptors (Lipinski definition) is 3. The van der Waals surface area contributed by atoms with Gasteiger partial charge in [0.05, 0.1) is 6.10 Å². The van der Waals surface area contributed by atoms with E-state index in [1.165, 1.54) is 5.56 Å². The van der Waals surface area contributed by atoms with Gasteiger partial charge in [-0.15, -0.1) is 0 Å². The molecule has 0 saturated carbocycles. The van der Waals surface area contributed by atoms with Crippen LogP contribution in [0.15, 0.2) is 30.3 Å². The van der Waals surface area contributed by atoms with Crippen LogP contribution in [-0.4, -0.2) is 42.3 Å². The minimum atomic E-state index is 0.216. The largest absolute Gasteiger partial charge is 0.377 e. The van der Waals surface area contributed by atoms with Crippen molar-refractivity contribution in [3.8, 4) is 0 Å². The monoisotopic (exact) mass is 288 g/mol. The van der Waals surface area contributed by atoms with E-state index in [2.05, 4.69) is 61.3 Å². The Kier molecular flexibility index (Phi) is 4.34. The van der Waals surface area contributed by atoms with E-state index in [9.17, 15) is 0 Å². The second-order valence-corrected chi connectivity index (χ2v) is 6.83.